The molecule has 4 nitrogen and oxygen atoms in total. The highest BCUT2D eigenvalue weighted by Gasteiger charge is 2.15. The van der Waals surface area contributed by atoms with Crippen molar-refractivity contribution in [1.29, 1.82) is 0 Å². The van der Waals surface area contributed by atoms with Crippen LogP contribution in [0, 0.1) is 6.92 Å². The van der Waals surface area contributed by atoms with Crippen molar-refractivity contribution in [2.75, 3.05) is 13.7 Å². The smallest absolute Gasteiger partial charge is 0.190 e. The summed E-state index contributed by atoms with van der Waals surface area (Å²) in [5.41, 5.74) is 3.20. The number of aromatic nitrogens is 1. The Labute approximate surface area is 139 Å². The van der Waals surface area contributed by atoms with Gasteiger partial charge >= 0.3 is 0 Å². The van der Waals surface area contributed by atoms with E-state index in [1.54, 1.807) is 24.7 Å². The highest BCUT2D eigenvalue weighted by Crippen LogP contribution is 2.24. The average Bonchev–Trinajstić information content (AvgIpc) is 3.19. The number of nitrogens with zero attached hydrogens (tertiary/aromatic N) is 2. The number of aryl methyl sites for hydroxylation is 1. The third-order valence-electron chi connectivity index (χ3n) is 3.62. The first-order chi connectivity index (χ1) is 11.2. The molecule has 3 aromatic rings. The molecule has 0 spiro atoms. The molecule has 0 aliphatic heterocycles. The van der Waals surface area contributed by atoms with E-state index >= 15 is 0 Å². The van der Waals surface area contributed by atoms with Crippen molar-refractivity contribution in [1.82, 2.24) is 4.57 Å². The first-order valence-electron chi connectivity index (χ1n) is 7.53. The second-order valence-corrected chi connectivity index (χ2v) is 6.34. The number of ether oxygens (including phenoxy) is 1. The number of thiazole rings is 1. The zero-order valence-corrected chi connectivity index (χ0v) is 14.3. The summed E-state index contributed by atoms with van der Waals surface area (Å²) in [7, 11) is 1.72. The van der Waals surface area contributed by atoms with E-state index in [0.29, 0.717) is 6.61 Å². The zero-order chi connectivity index (χ0) is 16.2. The first-order valence-corrected chi connectivity index (χ1v) is 8.41. The number of furan rings is 1. The summed E-state index contributed by atoms with van der Waals surface area (Å²) in [5, 5.41) is 2.08. The van der Waals surface area contributed by atoms with Crippen LogP contribution in [0.2, 0.25) is 0 Å². The van der Waals surface area contributed by atoms with Gasteiger partial charge in [0.15, 0.2) is 10.6 Å². The molecule has 1 unspecified atom stereocenters. The maximum absolute atomic E-state index is 5.57. The molecule has 1 aromatic carbocycles. The molecule has 5 heteroatoms. The van der Waals surface area contributed by atoms with Gasteiger partial charge in [0, 0.05) is 12.5 Å². The fourth-order valence-corrected chi connectivity index (χ4v) is 3.47. The van der Waals surface area contributed by atoms with Crippen molar-refractivity contribution in [3.63, 3.8) is 0 Å². The van der Waals surface area contributed by atoms with Gasteiger partial charge in [0.2, 0.25) is 0 Å². The van der Waals surface area contributed by atoms with Crippen LogP contribution in [0.15, 0.2) is 57.5 Å². The average molecular weight is 328 g/mol. The van der Waals surface area contributed by atoms with Crippen molar-refractivity contribution in [3.05, 3.63) is 58.4 Å². The van der Waals surface area contributed by atoms with Crippen molar-refractivity contribution < 1.29 is 9.15 Å². The molecule has 0 aliphatic rings. The molecule has 3 rings (SSSR count). The Morgan fingerprint density at radius 1 is 1.26 bits per heavy atom. The fraction of sp³-hybridized carbons (Fsp3) is 0.278. The molecular weight excluding hydrogens is 308 g/mol. The van der Waals surface area contributed by atoms with Gasteiger partial charge in [-0.25, -0.2) is 4.99 Å². The maximum atomic E-state index is 5.57. The first kappa shape index (κ1) is 15.8. The molecular formula is C18H20N2O2S. The number of methoxy groups -OCH3 is 1. The van der Waals surface area contributed by atoms with Crippen LogP contribution >= 0.6 is 11.3 Å². The molecule has 2 heterocycles. The number of hydrogen-bond acceptors (Lipinski definition) is 4. The van der Waals surface area contributed by atoms with Crippen molar-refractivity contribution in [3.8, 4) is 11.5 Å². The largest absolute Gasteiger partial charge is 0.463 e. The Bertz CT molecular complexity index is 814. The predicted octanol–water partition coefficient (Wildman–Crippen LogP) is 4.56. The second-order valence-electron chi connectivity index (χ2n) is 5.50. The molecule has 0 aliphatic carbocycles. The Morgan fingerprint density at radius 2 is 2.04 bits per heavy atom. The second kappa shape index (κ2) is 6.98. The highest BCUT2D eigenvalue weighted by molar-refractivity contribution is 7.07. The van der Waals surface area contributed by atoms with Gasteiger partial charge in [-0.3, -0.25) is 0 Å². The van der Waals surface area contributed by atoms with Crippen LogP contribution < -0.4 is 4.80 Å². The normalized spacial score (nSPS) is 13.4. The van der Waals surface area contributed by atoms with Crippen molar-refractivity contribution in [2.45, 2.75) is 19.9 Å². The summed E-state index contributed by atoms with van der Waals surface area (Å²) in [5.74, 6) is 0.842. The fourth-order valence-electron chi connectivity index (χ4n) is 2.48. The van der Waals surface area contributed by atoms with Gasteiger partial charge < -0.3 is 13.7 Å². The monoisotopic (exact) mass is 328 g/mol. The lowest BCUT2D eigenvalue weighted by Crippen LogP contribution is -2.22. The quantitative estimate of drug-likeness (QED) is 0.689. The predicted molar refractivity (Wildman–Crippen MR) is 93.0 cm³/mol. The molecule has 0 amide bonds. The van der Waals surface area contributed by atoms with E-state index in [4.69, 9.17) is 14.1 Å². The Morgan fingerprint density at radius 3 is 2.70 bits per heavy atom. The van der Waals surface area contributed by atoms with Gasteiger partial charge in [0.05, 0.1) is 30.3 Å². The van der Waals surface area contributed by atoms with Gasteiger partial charge in [0.1, 0.15) is 0 Å². The summed E-state index contributed by atoms with van der Waals surface area (Å²) >= 11 is 1.61. The topological polar surface area (TPSA) is 39.7 Å². The van der Waals surface area contributed by atoms with Gasteiger partial charge in [-0.15, -0.1) is 11.3 Å². The van der Waals surface area contributed by atoms with Gasteiger partial charge in [-0.2, -0.15) is 0 Å². The molecule has 1 atom stereocenters. The van der Waals surface area contributed by atoms with Gasteiger partial charge in [-0.1, -0.05) is 17.7 Å². The van der Waals surface area contributed by atoms with Crippen LogP contribution in [-0.2, 0) is 4.74 Å². The van der Waals surface area contributed by atoms with E-state index in [-0.39, 0.29) is 6.04 Å². The van der Waals surface area contributed by atoms with Crippen LogP contribution in [0.1, 0.15) is 18.5 Å². The lowest BCUT2D eigenvalue weighted by Gasteiger charge is -2.15. The molecule has 0 saturated heterocycles. The number of rotatable bonds is 5. The Hall–Kier alpha value is -2.11. The third-order valence-corrected chi connectivity index (χ3v) is 4.46. The summed E-state index contributed by atoms with van der Waals surface area (Å²) in [4.78, 5) is 5.74. The molecule has 0 radical (unpaired) electrons. The molecule has 23 heavy (non-hydrogen) atoms. The summed E-state index contributed by atoms with van der Waals surface area (Å²) in [6, 6.07) is 12.2. The highest BCUT2D eigenvalue weighted by atomic mass is 32.1. The van der Waals surface area contributed by atoms with Crippen LogP contribution in [0.25, 0.3) is 11.5 Å². The maximum Gasteiger partial charge on any atom is 0.190 e. The zero-order valence-electron chi connectivity index (χ0n) is 13.5. The molecule has 0 bridgehead atoms. The Balaban J connectivity index is 2.11. The van der Waals surface area contributed by atoms with E-state index in [0.717, 1.165) is 21.9 Å². The van der Waals surface area contributed by atoms with Crippen LogP contribution in [0.5, 0.6) is 0 Å². The van der Waals surface area contributed by atoms with E-state index in [2.05, 4.69) is 35.9 Å². The van der Waals surface area contributed by atoms with E-state index in [1.807, 2.05) is 24.3 Å². The standard InChI is InChI=1S/C18H20N2O2S/c1-13-6-8-15(9-7-13)19-18-20(14(2)11-21-3)16(12-23-18)17-5-4-10-22-17/h4-10,12,14H,11H2,1-3H3. The van der Waals surface area contributed by atoms with E-state index in [9.17, 15) is 0 Å². The minimum absolute atomic E-state index is 0.163. The number of benzene rings is 1. The van der Waals surface area contributed by atoms with Crippen molar-refractivity contribution >= 4 is 17.0 Å². The lowest BCUT2D eigenvalue weighted by molar-refractivity contribution is 0.161. The van der Waals surface area contributed by atoms with Crippen LogP contribution in [0.3, 0.4) is 0 Å². The van der Waals surface area contributed by atoms with Crippen LogP contribution in [-0.4, -0.2) is 18.3 Å². The minimum Gasteiger partial charge on any atom is -0.463 e. The van der Waals surface area contributed by atoms with Crippen molar-refractivity contribution in [2.24, 2.45) is 4.99 Å². The van der Waals surface area contributed by atoms with Gasteiger partial charge in [-0.05, 0) is 38.1 Å². The molecule has 0 fully saturated rings. The molecule has 120 valence electrons. The summed E-state index contributed by atoms with van der Waals surface area (Å²) in [6.07, 6.45) is 1.69. The minimum atomic E-state index is 0.163. The number of hydrogen-bond donors (Lipinski definition) is 0. The third kappa shape index (κ3) is 3.46. The van der Waals surface area contributed by atoms with E-state index < -0.39 is 0 Å². The molecule has 2 aromatic heterocycles. The summed E-state index contributed by atoms with van der Waals surface area (Å²) in [6.45, 7) is 4.81. The molecule has 0 saturated carbocycles. The SMILES string of the molecule is COCC(C)n1c(-c2ccco2)csc1=Nc1ccc(C)cc1. The van der Waals surface area contributed by atoms with E-state index in [1.165, 1.54) is 5.56 Å². The summed E-state index contributed by atoms with van der Waals surface area (Å²) < 4.78 is 13.1. The Kier molecular flexibility index (Phi) is 4.79. The lowest BCUT2D eigenvalue weighted by atomic mass is 10.2. The van der Waals surface area contributed by atoms with Crippen LogP contribution in [0.4, 0.5) is 5.69 Å². The van der Waals surface area contributed by atoms with Gasteiger partial charge in [0.25, 0.3) is 0 Å². The molecule has 0 N–H and O–H groups in total.